The second-order valence-corrected chi connectivity index (χ2v) is 5.88. The Balaban J connectivity index is 2.47. The van der Waals surface area contributed by atoms with Crippen molar-refractivity contribution in [3.8, 4) is 0 Å². The van der Waals surface area contributed by atoms with Gasteiger partial charge in [0.2, 0.25) is 0 Å². The molecule has 1 aromatic heterocycles. The van der Waals surface area contributed by atoms with Crippen molar-refractivity contribution in [2.45, 2.75) is 5.03 Å². The van der Waals surface area contributed by atoms with Crippen LogP contribution in [0.4, 0.5) is 5.69 Å². The Morgan fingerprint density at radius 3 is 2.60 bits per heavy atom. The van der Waals surface area contributed by atoms with Gasteiger partial charge in [0.1, 0.15) is 0 Å². The number of sulfonamides is 1. The summed E-state index contributed by atoms with van der Waals surface area (Å²) in [4.78, 5) is 11.0. The number of carboxylic acids is 1. The van der Waals surface area contributed by atoms with Gasteiger partial charge in [-0.2, -0.15) is 13.5 Å². The minimum atomic E-state index is -4.03. The van der Waals surface area contributed by atoms with E-state index in [-0.39, 0.29) is 21.3 Å². The number of benzene rings is 1. The molecule has 9 heteroatoms. The fraction of sp³-hybridized carbons (Fsp3) is 0.0909. The highest BCUT2D eigenvalue weighted by molar-refractivity contribution is 7.92. The molecule has 1 heterocycles. The van der Waals surface area contributed by atoms with Crippen molar-refractivity contribution in [3.05, 3.63) is 41.0 Å². The van der Waals surface area contributed by atoms with Gasteiger partial charge in [0, 0.05) is 7.05 Å². The number of carbonyl (C=O) groups is 1. The normalized spacial score (nSPS) is 11.3. The molecule has 0 spiro atoms. The molecule has 1 aromatic carbocycles. The van der Waals surface area contributed by atoms with Crippen LogP contribution in [-0.4, -0.2) is 29.3 Å². The van der Waals surface area contributed by atoms with Gasteiger partial charge in [-0.05, 0) is 12.1 Å². The summed E-state index contributed by atoms with van der Waals surface area (Å²) in [6.07, 6.45) is 1.19. The Morgan fingerprint density at radius 2 is 2.05 bits per heavy atom. The Hall–Kier alpha value is -2.06. The average molecular weight is 316 g/mol. The number of hydrogen-bond donors (Lipinski definition) is 2. The summed E-state index contributed by atoms with van der Waals surface area (Å²) >= 11 is 5.78. The van der Waals surface area contributed by atoms with Crippen molar-refractivity contribution in [3.63, 3.8) is 0 Å². The fourth-order valence-electron chi connectivity index (χ4n) is 1.65. The Kier molecular flexibility index (Phi) is 3.69. The zero-order valence-corrected chi connectivity index (χ0v) is 11.8. The number of anilines is 1. The van der Waals surface area contributed by atoms with E-state index in [4.69, 9.17) is 16.7 Å². The van der Waals surface area contributed by atoms with Gasteiger partial charge in [-0.15, -0.1) is 0 Å². The van der Waals surface area contributed by atoms with Crippen LogP contribution >= 0.6 is 11.6 Å². The standard InChI is InChI=1S/C11H10ClN3O4S/c1-15-10(8(12)6-13-15)20(18,19)14-9-5-3-2-4-7(9)11(16)17/h2-6,14H,1H3,(H,16,17). The van der Waals surface area contributed by atoms with E-state index in [2.05, 4.69) is 9.82 Å². The average Bonchev–Trinajstić information content (AvgIpc) is 2.69. The quantitative estimate of drug-likeness (QED) is 0.891. The predicted octanol–water partition coefficient (Wildman–Crippen LogP) is 1.57. The van der Waals surface area contributed by atoms with Gasteiger partial charge >= 0.3 is 5.97 Å². The van der Waals surface area contributed by atoms with Crippen molar-refractivity contribution in [2.75, 3.05) is 4.72 Å². The zero-order valence-electron chi connectivity index (χ0n) is 10.2. The fourth-order valence-corrected chi connectivity index (χ4v) is 3.39. The van der Waals surface area contributed by atoms with Gasteiger partial charge in [-0.1, -0.05) is 23.7 Å². The molecule has 0 bridgehead atoms. The summed E-state index contributed by atoms with van der Waals surface area (Å²) in [6, 6.07) is 5.67. The smallest absolute Gasteiger partial charge is 0.337 e. The second-order valence-electron chi connectivity index (χ2n) is 3.88. The van der Waals surface area contributed by atoms with E-state index >= 15 is 0 Å². The van der Waals surface area contributed by atoms with Crippen LogP contribution in [-0.2, 0) is 17.1 Å². The molecule has 0 amide bonds. The van der Waals surface area contributed by atoms with Crippen LogP contribution in [0.5, 0.6) is 0 Å². The Morgan fingerprint density at radius 1 is 1.40 bits per heavy atom. The van der Waals surface area contributed by atoms with Crippen LogP contribution in [0, 0.1) is 0 Å². The maximum Gasteiger partial charge on any atom is 0.337 e. The van der Waals surface area contributed by atoms with Gasteiger partial charge in [0.25, 0.3) is 10.0 Å². The SMILES string of the molecule is Cn1ncc(Cl)c1S(=O)(=O)Nc1ccccc1C(=O)O. The Bertz CT molecular complexity index is 750. The third-order valence-corrected chi connectivity index (χ3v) is 4.37. The summed E-state index contributed by atoms with van der Waals surface area (Å²) in [6.45, 7) is 0. The molecule has 0 saturated carbocycles. The number of halogens is 1. The highest BCUT2D eigenvalue weighted by atomic mass is 35.5. The molecule has 0 unspecified atom stereocenters. The van der Waals surface area contributed by atoms with Crippen LogP contribution in [0.3, 0.4) is 0 Å². The van der Waals surface area contributed by atoms with Crippen LogP contribution in [0.25, 0.3) is 0 Å². The van der Waals surface area contributed by atoms with Crippen molar-refractivity contribution < 1.29 is 18.3 Å². The van der Waals surface area contributed by atoms with Gasteiger partial charge in [0.05, 0.1) is 22.5 Å². The van der Waals surface area contributed by atoms with Crippen LogP contribution in [0.2, 0.25) is 5.02 Å². The van der Waals surface area contributed by atoms with Crippen LogP contribution in [0.15, 0.2) is 35.5 Å². The molecule has 2 aromatic rings. The number of nitrogens with zero attached hydrogens (tertiary/aromatic N) is 2. The maximum atomic E-state index is 12.2. The highest BCUT2D eigenvalue weighted by Gasteiger charge is 2.24. The van der Waals surface area contributed by atoms with E-state index in [9.17, 15) is 13.2 Å². The molecule has 0 aliphatic rings. The molecule has 20 heavy (non-hydrogen) atoms. The van der Waals surface area contributed by atoms with Gasteiger partial charge in [-0.3, -0.25) is 9.40 Å². The van der Waals surface area contributed by atoms with E-state index in [1.807, 2.05) is 0 Å². The van der Waals surface area contributed by atoms with Crippen molar-refractivity contribution >= 4 is 33.3 Å². The summed E-state index contributed by atoms with van der Waals surface area (Å²) in [5.41, 5.74) is -0.202. The van der Waals surface area contributed by atoms with E-state index in [1.165, 1.54) is 37.5 Å². The first-order chi connectivity index (χ1) is 9.33. The molecule has 2 N–H and O–H groups in total. The lowest BCUT2D eigenvalue weighted by Crippen LogP contribution is -2.18. The first-order valence-electron chi connectivity index (χ1n) is 5.35. The lowest BCUT2D eigenvalue weighted by Gasteiger charge is -2.10. The van der Waals surface area contributed by atoms with E-state index < -0.39 is 16.0 Å². The summed E-state index contributed by atoms with van der Waals surface area (Å²) in [7, 11) is -2.61. The maximum absolute atomic E-state index is 12.2. The lowest BCUT2D eigenvalue weighted by atomic mass is 10.2. The van der Waals surface area contributed by atoms with E-state index in [1.54, 1.807) is 0 Å². The second kappa shape index (κ2) is 5.14. The summed E-state index contributed by atoms with van der Waals surface area (Å²) in [5, 5.41) is 12.5. The first kappa shape index (κ1) is 14.4. The molecule has 0 saturated heterocycles. The number of aryl methyl sites for hydroxylation is 1. The van der Waals surface area contributed by atoms with E-state index in [0.29, 0.717) is 0 Å². The first-order valence-corrected chi connectivity index (χ1v) is 7.21. The van der Waals surface area contributed by atoms with Gasteiger partial charge < -0.3 is 5.11 Å². The Labute approximate surface area is 119 Å². The molecule has 0 fully saturated rings. The third-order valence-electron chi connectivity index (χ3n) is 2.50. The number of carboxylic acid groups (broad SMARTS) is 1. The summed E-state index contributed by atoms with van der Waals surface area (Å²) < 4.78 is 27.7. The molecule has 0 atom stereocenters. The van der Waals surface area contributed by atoms with Crippen LogP contribution < -0.4 is 4.72 Å². The minimum Gasteiger partial charge on any atom is -0.478 e. The largest absolute Gasteiger partial charge is 0.478 e. The molecular formula is C11H10ClN3O4S. The highest BCUT2D eigenvalue weighted by Crippen LogP contribution is 2.24. The minimum absolute atomic E-state index is 0.0442. The zero-order chi connectivity index (χ0) is 14.9. The molecule has 0 aliphatic heterocycles. The monoisotopic (exact) mass is 315 g/mol. The summed E-state index contributed by atoms with van der Waals surface area (Å²) in [5.74, 6) is -1.24. The van der Waals surface area contributed by atoms with Gasteiger partial charge in [-0.25, -0.2) is 4.79 Å². The van der Waals surface area contributed by atoms with Crippen molar-refractivity contribution in [2.24, 2.45) is 7.05 Å². The number of rotatable bonds is 4. The number of hydrogen-bond acceptors (Lipinski definition) is 4. The molecule has 2 rings (SSSR count). The third kappa shape index (κ3) is 2.61. The molecule has 0 radical (unpaired) electrons. The number of nitrogens with one attached hydrogen (secondary N) is 1. The molecule has 0 aliphatic carbocycles. The number of aromatic nitrogens is 2. The lowest BCUT2D eigenvalue weighted by molar-refractivity contribution is 0.0698. The van der Waals surface area contributed by atoms with E-state index in [0.717, 1.165) is 4.68 Å². The van der Waals surface area contributed by atoms with Crippen LogP contribution in [0.1, 0.15) is 10.4 Å². The molecule has 7 nitrogen and oxygen atoms in total. The molecular weight excluding hydrogens is 306 g/mol. The number of aromatic carboxylic acids is 1. The number of para-hydroxylation sites is 1. The topological polar surface area (TPSA) is 101 Å². The molecule has 106 valence electrons. The van der Waals surface area contributed by atoms with Crippen molar-refractivity contribution in [1.82, 2.24) is 9.78 Å². The van der Waals surface area contributed by atoms with Gasteiger partial charge in [0.15, 0.2) is 5.03 Å². The van der Waals surface area contributed by atoms with Crippen molar-refractivity contribution in [1.29, 1.82) is 0 Å². The predicted molar refractivity (Wildman–Crippen MR) is 72.4 cm³/mol.